The van der Waals surface area contributed by atoms with Crippen LogP contribution in [0.1, 0.15) is 13.8 Å². The molecule has 0 amide bonds. The van der Waals surface area contributed by atoms with Gasteiger partial charge in [0.2, 0.25) is 0 Å². The van der Waals surface area contributed by atoms with E-state index in [-0.39, 0.29) is 6.10 Å². The van der Waals surface area contributed by atoms with Gasteiger partial charge in [0.25, 0.3) is 0 Å². The minimum absolute atomic E-state index is 0.263. The fourth-order valence-corrected chi connectivity index (χ4v) is 1.48. The zero-order chi connectivity index (χ0) is 12.7. The SMILES string of the molecule is CC(C)OCCN(C)C(=S)Nc1ccccc1. The van der Waals surface area contributed by atoms with E-state index in [2.05, 4.69) is 5.32 Å². The van der Waals surface area contributed by atoms with Gasteiger partial charge in [-0.3, -0.25) is 0 Å². The summed E-state index contributed by atoms with van der Waals surface area (Å²) in [5.41, 5.74) is 1.01. The molecule has 1 aromatic carbocycles. The first-order valence-corrected chi connectivity index (χ1v) is 6.19. The third-order valence-corrected chi connectivity index (χ3v) is 2.66. The van der Waals surface area contributed by atoms with Gasteiger partial charge in [-0.2, -0.15) is 0 Å². The van der Waals surface area contributed by atoms with Gasteiger partial charge in [0.05, 0.1) is 12.7 Å². The Morgan fingerprint density at radius 1 is 1.35 bits per heavy atom. The number of ether oxygens (including phenoxy) is 1. The lowest BCUT2D eigenvalue weighted by atomic mass is 10.3. The van der Waals surface area contributed by atoms with Crippen LogP contribution >= 0.6 is 12.2 Å². The van der Waals surface area contributed by atoms with Crippen molar-refractivity contribution >= 4 is 23.0 Å². The molecule has 0 aliphatic heterocycles. The highest BCUT2D eigenvalue weighted by Crippen LogP contribution is 2.06. The number of thiocarbonyl (C=S) groups is 1. The smallest absolute Gasteiger partial charge is 0.173 e. The summed E-state index contributed by atoms with van der Waals surface area (Å²) in [5.74, 6) is 0. The number of hydrogen-bond acceptors (Lipinski definition) is 2. The molecule has 17 heavy (non-hydrogen) atoms. The van der Waals surface area contributed by atoms with Crippen molar-refractivity contribution in [3.8, 4) is 0 Å². The Labute approximate surface area is 109 Å². The molecular weight excluding hydrogens is 232 g/mol. The molecule has 0 atom stereocenters. The summed E-state index contributed by atoms with van der Waals surface area (Å²) >= 11 is 5.30. The topological polar surface area (TPSA) is 24.5 Å². The number of nitrogens with zero attached hydrogens (tertiary/aromatic N) is 1. The van der Waals surface area contributed by atoms with Gasteiger partial charge in [-0.15, -0.1) is 0 Å². The molecule has 1 aromatic rings. The zero-order valence-electron chi connectivity index (χ0n) is 10.6. The summed E-state index contributed by atoms with van der Waals surface area (Å²) in [5, 5.41) is 3.89. The molecule has 1 N–H and O–H groups in total. The van der Waals surface area contributed by atoms with Gasteiger partial charge >= 0.3 is 0 Å². The van der Waals surface area contributed by atoms with Crippen molar-refractivity contribution in [3.05, 3.63) is 30.3 Å². The number of rotatable bonds is 5. The lowest BCUT2D eigenvalue weighted by Crippen LogP contribution is -2.34. The molecular formula is C13H20N2OS. The molecule has 0 aliphatic rings. The fraction of sp³-hybridized carbons (Fsp3) is 0.462. The van der Waals surface area contributed by atoms with E-state index < -0.39 is 0 Å². The molecule has 0 fully saturated rings. The number of para-hydroxylation sites is 1. The molecule has 0 spiro atoms. The molecule has 1 rings (SSSR count). The Morgan fingerprint density at radius 3 is 2.59 bits per heavy atom. The number of anilines is 1. The average Bonchev–Trinajstić information content (AvgIpc) is 2.29. The van der Waals surface area contributed by atoms with Crippen molar-refractivity contribution in [1.29, 1.82) is 0 Å². The van der Waals surface area contributed by atoms with Gasteiger partial charge in [-0.1, -0.05) is 18.2 Å². The minimum Gasteiger partial charge on any atom is -0.377 e. The Morgan fingerprint density at radius 2 is 2.00 bits per heavy atom. The molecule has 0 saturated heterocycles. The van der Waals surface area contributed by atoms with E-state index in [0.717, 1.165) is 12.2 Å². The highest BCUT2D eigenvalue weighted by molar-refractivity contribution is 7.80. The minimum atomic E-state index is 0.263. The van der Waals surface area contributed by atoms with Crippen LogP contribution in [0.25, 0.3) is 0 Å². The predicted octanol–water partition coefficient (Wildman–Crippen LogP) is 2.74. The number of likely N-dealkylation sites (N-methyl/N-ethyl adjacent to an activating group) is 1. The van der Waals surface area contributed by atoms with Crippen LogP contribution in [0.4, 0.5) is 5.69 Å². The van der Waals surface area contributed by atoms with Crippen molar-refractivity contribution in [1.82, 2.24) is 4.90 Å². The van der Waals surface area contributed by atoms with Crippen molar-refractivity contribution in [2.24, 2.45) is 0 Å². The lowest BCUT2D eigenvalue weighted by Gasteiger charge is -2.21. The van der Waals surface area contributed by atoms with E-state index in [0.29, 0.717) is 11.7 Å². The van der Waals surface area contributed by atoms with Crippen LogP contribution in [0, 0.1) is 0 Å². The van der Waals surface area contributed by atoms with Crippen LogP contribution in [0.5, 0.6) is 0 Å². The van der Waals surface area contributed by atoms with E-state index in [1.54, 1.807) is 0 Å². The summed E-state index contributed by atoms with van der Waals surface area (Å²) < 4.78 is 5.48. The molecule has 0 saturated carbocycles. The molecule has 0 aromatic heterocycles. The van der Waals surface area contributed by atoms with Gasteiger partial charge in [0.15, 0.2) is 5.11 Å². The molecule has 4 heteroatoms. The molecule has 0 heterocycles. The third kappa shape index (κ3) is 5.65. The Balaban J connectivity index is 2.32. The molecule has 3 nitrogen and oxygen atoms in total. The van der Waals surface area contributed by atoms with E-state index in [1.807, 2.05) is 56.1 Å². The zero-order valence-corrected chi connectivity index (χ0v) is 11.5. The normalized spacial score (nSPS) is 10.4. The highest BCUT2D eigenvalue weighted by atomic mass is 32.1. The van der Waals surface area contributed by atoms with Crippen LogP contribution in [0.3, 0.4) is 0 Å². The maximum absolute atomic E-state index is 5.48. The lowest BCUT2D eigenvalue weighted by molar-refractivity contribution is 0.0727. The Hall–Kier alpha value is -1.13. The van der Waals surface area contributed by atoms with Crippen molar-refractivity contribution in [2.75, 3.05) is 25.5 Å². The molecule has 94 valence electrons. The van der Waals surface area contributed by atoms with Gasteiger partial charge in [-0.25, -0.2) is 0 Å². The highest BCUT2D eigenvalue weighted by Gasteiger charge is 2.04. The summed E-state index contributed by atoms with van der Waals surface area (Å²) in [7, 11) is 1.96. The van der Waals surface area contributed by atoms with Gasteiger partial charge in [0.1, 0.15) is 0 Å². The largest absolute Gasteiger partial charge is 0.377 e. The van der Waals surface area contributed by atoms with Gasteiger partial charge in [-0.05, 0) is 38.2 Å². The second kappa shape index (κ2) is 7.25. The maximum Gasteiger partial charge on any atom is 0.173 e. The summed E-state index contributed by atoms with van der Waals surface area (Å²) in [6.45, 7) is 5.53. The first-order chi connectivity index (χ1) is 8.09. The summed E-state index contributed by atoms with van der Waals surface area (Å²) in [6.07, 6.45) is 0.263. The van der Waals surface area contributed by atoms with E-state index in [9.17, 15) is 0 Å². The maximum atomic E-state index is 5.48. The quantitative estimate of drug-likeness (QED) is 0.814. The summed E-state index contributed by atoms with van der Waals surface area (Å²) in [6, 6.07) is 9.92. The Kier molecular flexibility index (Phi) is 5.94. The van der Waals surface area contributed by atoms with Gasteiger partial charge < -0.3 is 15.0 Å². The monoisotopic (exact) mass is 252 g/mol. The van der Waals surface area contributed by atoms with E-state index in [4.69, 9.17) is 17.0 Å². The van der Waals surface area contributed by atoms with Crippen molar-refractivity contribution in [2.45, 2.75) is 20.0 Å². The molecule has 0 unspecified atom stereocenters. The van der Waals surface area contributed by atoms with Crippen molar-refractivity contribution < 1.29 is 4.74 Å². The average molecular weight is 252 g/mol. The fourth-order valence-electron chi connectivity index (χ4n) is 1.27. The first-order valence-electron chi connectivity index (χ1n) is 5.78. The summed E-state index contributed by atoms with van der Waals surface area (Å²) in [4.78, 5) is 1.98. The first kappa shape index (κ1) is 13.9. The predicted molar refractivity (Wildman–Crippen MR) is 76.4 cm³/mol. The second-order valence-electron chi connectivity index (χ2n) is 4.14. The van der Waals surface area contributed by atoms with E-state index >= 15 is 0 Å². The van der Waals surface area contributed by atoms with Crippen LogP contribution in [0.15, 0.2) is 30.3 Å². The molecule has 0 bridgehead atoms. The molecule has 0 aliphatic carbocycles. The standard InChI is InChI=1S/C13H20N2OS/c1-11(2)16-10-9-15(3)13(17)14-12-7-5-4-6-8-12/h4-8,11H,9-10H2,1-3H3,(H,14,17). The second-order valence-corrected chi connectivity index (χ2v) is 4.52. The van der Waals surface area contributed by atoms with Gasteiger partial charge in [0, 0.05) is 19.3 Å². The van der Waals surface area contributed by atoms with Crippen LogP contribution in [-0.2, 0) is 4.74 Å². The van der Waals surface area contributed by atoms with Crippen LogP contribution in [-0.4, -0.2) is 36.3 Å². The number of benzene rings is 1. The molecule has 0 radical (unpaired) electrons. The third-order valence-electron chi connectivity index (χ3n) is 2.25. The van der Waals surface area contributed by atoms with Crippen LogP contribution in [0.2, 0.25) is 0 Å². The number of hydrogen-bond donors (Lipinski definition) is 1. The number of nitrogens with one attached hydrogen (secondary N) is 1. The van der Waals surface area contributed by atoms with E-state index in [1.165, 1.54) is 0 Å². The van der Waals surface area contributed by atoms with Crippen molar-refractivity contribution in [3.63, 3.8) is 0 Å². The van der Waals surface area contributed by atoms with Crippen LogP contribution < -0.4 is 5.32 Å². The Bertz CT molecular complexity index is 341.